The molecule has 2 aliphatic rings. The summed E-state index contributed by atoms with van der Waals surface area (Å²) in [6.07, 6.45) is 2.54. The molecule has 2 nitrogen and oxygen atoms in total. The molecule has 0 aromatic rings. The van der Waals surface area contributed by atoms with Crippen LogP contribution in [-0.4, -0.2) is 18.0 Å². The van der Waals surface area contributed by atoms with Gasteiger partial charge in [0.25, 0.3) is 0 Å². The van der Waals surface area contributed by atoms with Crippen LogP contribution in [0.5, 0.6) is 0 Å². The van der Waals surface area contributed by atoms with Gasteiger partial charge in [-0.05, 0) is 24.7 Å². The lowest BCUT2D eigenvalue weighted by molar-refractivity contribution is -0.119. The van der Waals surface area contributed by atoms with E-state index in [-0.39, 0.29) is 16.9 Å². The zero-order chi connectivity index (χ0) is 9.85. The number of carbonyl (C=O) groups is 1. The number of aldehydes is 1. The van der Waals surface area contributed by atoms with E-state index in [1.807, 2.05) is 0 Å². The zero-order valence-electron chi connectivity index (χ0n) is 8.83. The standard InChI is InChI=1S/C11H18O2/c1-7-5-9-11(4,13-9)8(6-12)10(7,2)3/h6-9H,5H2,1-4H3. The Kier molecular flexibility index (Phi) is 1.66. The van der Waals surface area contributed by atoms with Crippen LogP contribution in [0.4, 0.5) is 0 Å². The van der Waals surface area contributed by atoms with Gasteiger partial charge in [-0.1, -0.05) is 20.8 Å². The lowest BCUT2D eigenvalue weighted by Crippen LogP contribution is -2.46. The summed E-state index contributed by atoms with van der Waals surface area (Å²) in [5.41, 5.74) is -0.0543. The molecule has 1 saturated carbocycles. The number of ether oxygens (including phenoxy) is 1. The number of epoxide rings is 1. The van der Waals surface area contributed by atoms with Crippen molar-refractivity contribution >= 4 is 6.29 Å². The van der Waals surface area contributed by atoms with Crippen LogP contribution in [0.2, 0.25) is 0 Å². The third-order valence-corrected chi connectivity index (χ3v) is 4.37. The van der Waals surface area contributed by atoms with Crippen LogP contribution in [0.15, 0.2) is 0 Å². The molecule has 74 valence electrons. The van der Waals surface area contributed by atoms with E-state index in [1.165, 1.54) is 0 Å². The fourth-order valence-corrected chi connectivity index (χ4v) is 2.81. The van der Waals surface area contributed by atoms with Crippen molar-refractivity contribution in [3.63, 3.8) is 0 Å². The molecule has 2 heteroatoms. The fraction of sp³-hybridized carbons (Fsp3) is 0.909. The first-order chi connectivity index (χ1) is 5.93. The van der Waals surface area contributed by atoms with E-state index in [9.17, 15) is 4.79 Å². The van der Waals surface area contributed by atoms with Gasteiger partial charge in [-0.15, -0.1) is 0 Å². The summed E-state index contributed by atoms with van der Waals surface area (Å²) >= 11 is 0. The maximum atomic E-state index is 11.1. The number of fused-ring (bicyclic) bond motifs is 1. The predicted octanol–water partition coefficient (Wildman–Crippen LogP) is 2.02. The highest BCUT2D eigenvalue weighted by atomic mass is 16.6. The summed E-state index contributed by atoms with van der Waals surface area (Å²) < 4.78 is 5.64. The van der Waals surface area contributed by atoms with Crippen molar-refractivity contribution in [2.75, 3.05) is 0 Å². The molecule has 2 rings (SSSR count). The van der Waals surface area contributed by atoms with Gasteiger partial charge >= 0.3 is 0 Å². The maximum Gasteiger partial charge on any atom is 0.126 e. The molecule has 0 aromatic heterocycles. The number of hydrogen-bond donors (Lipinski definition) is 0. The van der Waals surface area contributed by atoms with Gasteiger partial charge in [-0.2, -0.15) is 0 Å². The number of hydrogen-bond acceptors (Lipinski definition) is 2. The molecule has 1 aliphatic carbocycles. The molecule has 1 heterocycles. The molecule has 1 aliphatic heterocycles. The molecule has 2 fully saturated rings. The third-order valence-electron chi connectivity index (χ3n) is 4.37. The lowest BCUT2D eigenvalue weighted by Gasteiger charge is -2.42. The monoisotopic (exact) mass is 182 g/mol. The largest absolute Gasteiger partial charge is 0.366 e. The van der Waals surface area contributed by atoms with Crippen molar-refractivity contribution in [1.82, 2.24) is 0 Å². The van der Waals surface area contributed by atoms with Crippen molar-refractivity contribution in [2.45, 2.75) is 45.8 Å². The Morgan fingerprint density at radius 3 is 2.54 bits per heavy atom. The summed E-state index contributed by atoms with van der Waals surface area (Å²) in [6.45, 7) is 8.65. The van der Waals surface area contributed by atoms with E-state index in [4.69, 9.17) is 4.74 Å². The molecule has 0 aromatic carbocycles. The van der Waals surface area contributed by atoms with Crippen molar-refractivity contribution in [1.29, 1.82) is 0 Å². The molecule has 0 amide bonds. The summed E-state index contributed by atoms with van der Waals surface area (Å²) in [6, 6.07) is 0. The van der Waals surface area contributed by atoms with E-state index in [2.05, 4.69) is 27.7 Å². The van der Waals surface area contributed by atoms with Gasteiger partial charge in [-0.3, -0.25) is 0 Å². The minimum absolute atomic E-state index is 0.0637. The minimum Gasteiger partial charge on any atom is -0.366 e. The van der Waals surface area contributed by atoms with Gasteiger partial charge in [0.1, 0.15) is 11.9 Å². The molecule has 0 radical (unpaired) electrons. The fourth-order valence-electron chi connectivity index (χ4n) is 2.81. The molecule has 0 spiro atoms. The quantitative estimate of drug-likeness (QED) is 0.458. The second-order valence-electron chi connectivity index (χ2n) is 5.36. The van der Waals surface area contributed by atoms with Gasteiger partial charge in [-0.25, -0.2) is 0 Å². The summed E-state index contributed by atoms with van der Waals surface area (Å²) in [5.74, 6) is 0.636. The van der Waals surface area contributed by atoms with E-state index in [0.717, 1.165) is 12.7 Å². The lowest BCUT2D eigenvalue weighted by atomic mass is 9.59. The third kappa shape index (κ3) is 1.01. The summed E-state index contributed by atoms with van der Waals surface area (Å²) in [4.78, 5) is 11.1. The second kappa shape index (κ2) is 2.35. The van der Waals surface area contributed by atoms with Gasteiger partial charge in [0, 0.05) is 0 Å². The summed E-state index contributed by atoms with van der Waals surface area (Å²) in [7, 11) is 0. The van der Waals surface area contributed by atoms with Crippen LogP contribution in [0, 0.1) is 17.3 Å². The first-order valence-corrected chi connectivity index (χ1v) is 5.06. The SMILES string of the molecule is CC1CC2OC2(C)C(C=O)C1(C)C. The molecule has 0 N–H and O–H groups in total. The Hall–Kier alpha value is -0.370. The Bertz CT molecular complexity index is 246. The van der Waals surface area contributed by atoms with E-state index in [1.54, 1.807) is 0 Å². The molecule has 1 saturated heterocycles. The minimum atomic E-state index is -0.141. The van der Waals surface area contributed by atoms with Gasteiger partial charge in [0.05, 0.1) is 12.0 Å². The van der Waals surface area contributed by atoms with Crippen LogP contribution in [0.25, 0.3) is 0 Å². The highest BCUT2D eigenvalue weighted by Gasteiger charge is 2.66. The average molecular weight is 182 g/mol. The van der Waals surface area contributed by atoms with E-state index >= 15 is 0 Å². The topological polar surface area (TPSA) is 29.6 Å². The first-order valence-electron chi connectivity index (χ1n) is 5.06. The van der Waals surface area contributed by atoms with Crippen LogP contribution in [0.3, 0.4) is 0 Å². The Balaban J connectivity index is 2.32. The van der Waals surface area contributed by atoms with Crippen molar-refractivity contribution in [2.24, 2.45) is 17.3 Å². The van der Waals surface area contributed by atoms with Gasteiger partial charge in [0.15, 0.2) is 0 Å². The highest BCUT2D eigenvalue weighted by Crippen LogP contribution is 2.59. The van der Waals surface area contributed by atoms with Crippen LogP contribution in [0.1, 0.15) is 34.1 Å². The molecule has 13 heavy (non-hydrogen) atoms. The van der Waals surface area contributed by atoms with Crippen LogP contribution in [-0.2, 0) is 9.53 Å². The molecular weight excluding hydrogens is 164 g/mol. The van der Waals surface area contributed by atoms with Crippen molar-refractivity contribution in [3.8, 4) is 0 Å². The molecule has 4 atom stereocenters. The highest BCUT2D eigenvalue weighted by molar-refractivity contribution is 5.59. The smallest absolute Gasteiger partial charge is 0.126 e. The second-order valence-corrected chi connectivity index (χ2v) is 5.36. The van der Waals surface area contributed by atoms with Crippen molar-refractivity contribution < 1.29 is 9.53 Å². The Morgan fingerprint density at radius 2 is 2.00 bits per heavy atom. The first kappa shape index (κ1) is 9.20. The zero-order valence-corrected chi connectivity index (χ0v) is 8.83. The van der Waals surface area contributed by atoms with Crippen LogP contribution >= 0.6 is 0 Å². The molecule has 4 unspecified atom stereocenters. The van der Waals surface area contributed by atoms with Gasteiger partial charge < -0.3 is 9.53 Å². The summed E-state index contributed by atoms with van der Waals surface area (Å²) in [5, 5.41) is 0. The average Bonchev–Trinajstić information content (AvgIpc) is 2.61. The van der Waals surface area contributed by atoms with Crippen molar-refractivity contribution in [3.05, 3.63) is 0 Å². The van der Waals surface area contributed by atoms with Gasteiger partial charge in [0.2, 0.25) is 0 Å². The number of rotatable bonds is 1. The predicted molar refractivity (Wildman–Crippen MR) is 50.4 cm³/mol. The van der Waals surface area contributed by atoms with E-state index < -0.39 is 0 Å². The number of carbonyl (C=O) groups excluding carboxylic acids is 1. The molecular formula is C11H18O2. The molecule has 0 bridgehead atoms. The normalized spacial score (nSPS) is 52.5. The van der Waals surface area contributed by atoms with Crippen LogP contribution < -0.4 is 0 Å². The maximum absolute atomic E-state index is 11.1. The van der Waals surface area contributed by atoms with E-state index in [0.29, 0.717) is 12.0 Å². The Morgan fingerprint density at radius 1 is 1.38 bits per heavy atom. The Labute approximate surface area is 79.7 Å².